The van der Waals surface area contributed by atoms with Gasteiger partial charge in [-0.3, -0.25) is 14.9 Å². The minimum Gasteiger partial charge on any atom is -0.478 e. The second-order valence-corrected chi connectivity index (χ2v) is 4.06. The van der Waals surface area contributed by atoms with E-state index in [1.165, 1.54) is 12.1 Å². The summed E-state index contributed by atoms with van der Waals surface area (Å²) in [6.07, 6.45) is 0.896. The van der Waals surface area contributed by atoms with Crippen LogP contribution in [0.4, 0.5) is 5.69 Å². The monoisotopic (exact) mass is 281 g/mol. The molecule has 1 aromatic carbocycles. The number of benzene rings is 1. The fraction of sp³-hybridized carbons (Fsp3) is 0.385. The first-order valence-electron chi connectivity index (χ1n) is 6.12. The van der Waals surface area contributed by atoms with Gasteiger partial charge in [-0.2, -0.15) is 0 Å². The van der Waals surface area contributed by atoms with Gasteiger partial charge in [0.05, 0.1) is 17.1 Å². The molecule has 7 heteroatoms. The molecule has 1 aromatic rings. The first-order valence-corrected chi connectivity index (χ1v) is 6.12. The van der Waals surface area contributed by atoms with E-state index in [9.17, 15) is 19.7 Å². The standard InChI is InChI=1S/C13H15NO6/c1-2-20-12(15)5-3-4-9-6-7-10(13(16)17)8-11(9)14(18)19/h6-8H,2-5H2,1H3,(H,16,17). The Morgan fingerprint density at radius 2 is 2.10 bits per heavy atom. The number of carbonyl (C=O) groups is 2. The van der Waals surface area contributed by atoms with E-state index in [4.69, 9.17) is 9.84 Å². The maximum atomic E-state index is 11.2. The van der Waals surface area contributed by atoms with Gasteiger partial charge in [-0.05, 0) is 25.8 Å². The number of carbonyl (C=O) groups excluding carboxylic acids is 1. The summed E-state index contributed by atoms with van der Waals surface area (Å²) in [7, 11) is 0. The van der Waals surface area contributed by atoms with Crippen molar-refractivity contribution in [3.63, 3.8) is 0 Å². The summed E-state index contributed by atoms with van der Waals surface area (Å²) < 4.78 is 4.76. The highest BCUT2D eigenvalue weighted by molar-refractivity contribution is 5.88. The minimum atomic E-state index is -1.22. The van der Waals surface area contributed by atoms with Gasteiger partial charge < -0.3 is 9.84 Å². The number of ether oxygens (including phenoxy) is 1. The van der Waals surface area contributed by atoms with E-state index in [-0.39, 0.29) is 23.6 Å². The van der Waals surface area contributed by atoms with E-state index in [1.54, 1.807) is 6.92 Å². The molecule has 0 aliphatic rings. The molecular formula is C13H15NO6. The van der Waals surface area contributed by atoms with Crippen LogP contribution in [0, 0.1) is 10.1 Å². The Morgan fingerprint density at radius 1 is 1.40 bits per heavy atom. The van der Waals surface area contributed by atoms with Crippen LogP contribution in [0.25, 0.3) is 0 Å². The molecule has 0 atom stereocenters. The largest absolute Gasteiger partial charge is 0.478 e. The first kappa shape index (κ1) is 15.6. The first-order chi connectivity index (χ1) is 9.45. The number of nitrogens with zero attached hydrogens (tertiary/aromatic N) is 1. The van der Waals surface area contributed by atoms with Crippen molar-refractivity contribution in [1.82, 2.24) is 0 Å². The molecule has 108 valence electrons. The lowest BCUT2D eigenvalue weighted by Crippen LogP contribution is -2.05. The van der Waals surface area contributed by atoms with Crippen LogP contribution in [0.2, 0.25) is 0 Å². The number of esters is 1. The minimum absolute atomic E-state index is 0.133. The average molecular weight is 281 g/mol. The summed E-state index contributed by atoms with van der Waals surface area (Å²) in [5, 5.41) is 19.7. The second kappa shape index (κ2) is 7.22. The fourth-order valence-electron chi connectivity index (χ4n) is 1.73. The van der Waals surface area contributed by atoms with Gasteiger partial charge in [-0.25, -0.2) is 4.79 Å². The van der Waals surface area contributed by atoms with E-state index < -0.39 is 10.9 Å². The van der Waals surface area contributed by atoms with Crippen molar-refractivity contribution < 1.29 is 24.4 Å². The molecule has 20 heavy (non-hydrogen) atoms. The Morgan fingerprint density at radius 3 is 2.65 bits per heavy atom. The van der Waals surface area contributed by atoms with Crippen molar-refractivity contribution in [1.29, 1.82) is 0 Å². The van der Waals surface area contributed by atoms with Gasteiger partial charge in [0.1, 0.15) is 0 Å². The second-order valence-electron chi connectivity index (χ2n) is 4.06. The van der Waals surface area contributed by atoms with Crippen molar-refractivity contribution in [2.24, 2.45) is 0 Å². The Hall–Kier alpha value is -2.44. The zero-order valence-electron chi connectivity index (χ0n) is 11.0. The van der Waals surface area contributed by atoms with Crippen LogP contribution in [0.15, 0.2) is 18.2 Å². The van der Waals surface area contributed by atoms with E-state index in [2.05, 4.69) is 0 Å². The highest BCUT2D eigenvalue weighted by Gasteiger charge is 2.17. The van der Waals surface area contributed by atoms with Crippen LogP contribution in [-0.4, -0.2) is 28.6 Å². The van der Waals surface area contributed by atoms with Gasteiger partial charge in [0.15, 0.2) is 0 Å². The molecule has 0 aromatic heterocycles. The number of aryl methyl sites for hydroxylation is 1. The molecule has 0 saturated carbocycles. The van der Waals surface area contributed by atoms with E-state index in [0.717, 1.165) is 6.07 Å². The molecular weight excluding hydrogens is 266 g/mol. The van der Waals surface area contributed by atoms with Crippen molar-refractivity contribution in [2.45, 2.75) is 26.2 Å². The van der Waals surface area contributed by atoms with E-state index in [1.807, 2.05) is 0 Å². The maximum Gasteiger partial charge on any atom is 0.335 e. The third-order valence-electron chi connectivity index (χ3n) is 2.66. The quantitative estimate of drug-likeness (QED) is 0.466. The molecule has 7 nitrogen and oxygen atoms in total. The van der Waals surface area contributed by atoms with Crippen molar-refractivity contribution >= 4 is 17.6 Å². The summed E-state index contributed by atoms with van der Waals surface area (Å²) in [4.78, 5) is 32.2. The number of nitro benzene ring substituents is 1. The topological polar surface area (TPSA) is 107 Å². The smallest absolute Gasteiger partial charge is 0.335 e. The SMILES string of the molecule is CCOC(=O)CCCc1ccc(C(=O)O)cc1[N+](=O)[O-]. The third-order valence-corrected chi connectivity index (χ3v) is 2.66. The summed E-state index contributed by atoms with van der Waals surface area (Å²) in [6.45, 7) is 2.00. The summed E-state index contributed by atoms with van der Waals surface area (Å²) in [6, 6.07) is 3.75. The van der Waals surface area contributed by atoms with Crippen molar-refractivity contribution in [3.8, 4) is 0 Å². The third kappa shape index (κ3) is 4.34. The van der Waals surface area contributed by atoms with Crippen LogP contribution in [0.1, 0.15) is 35.7 Å². The molecule has 0 bridgehead atoms. The molecule has 0 fully saturated rings. The molecule has 0 spiro atoms. The highest BCUT2D eigenvalue weighted by Crippen LogP contribution is 2.22. The average Bonchev–Trinajstić information content (AvgIpc) is 2.38. The van der Waals surface area contributed by atoms with Crippen molar-refractivity contribution in [3.05, 3.63) is 39.4 Å². The predicted molar refractivity (Wildman–Crippen MR) is 69.6 cm³/mol. The number of hydrogen-bond donors (Lipinski definition) is 1. The number of rotatable bonds is 7. The number of hydrogen-bond acceptors (Lipinski definition) is 5. The number of carboxylic acids is 1. The van der Waals surface area contributed by atoms with E-state index in [0.29, 0.717) is 25.0 Å². The molecule has 0 aliphatic heterocycles. The molecule has 0 radical (unpaired) electrons. The zero-order valence-corrected chi connectivity index (χ0v) is 11.0. The van der Waals surface area contributed by atoms with Crippen LogP contribution in [0.5, 0.6) is 0 Å². The van der Waals surface area contributed by atoms with Gasteiger partial charge in [-0.15, -0.1) is 0 Å². The van der Waals surface area contributed by atoms with Gasteiger partial charge in [0.2, 0.25) is 0 Å². The molecule has 0 heterocycles. The molecule has 1 rings (SSSR count). The maximum absolute atomic E-state index is 11.2. The van der Waals surface area contributed by atoms with Gasteiger partial charge in [0, 0.05) is 18.1 Å². The number of aromatic carboxylic acids is 1. The number of carboxylic acid groups (broad SMARTS) is 1. The molecule has 1 N–H and O–H groups in total. The summed E-state index contributed by atoms with van der Waals surface area (Å²) in [5.41, 5.74) is 0.0314. The van der Waals surface area contributed by atoms with Crippen LogP contribution < -0.4 is 0 Å². The Bertz CT molecular complexity index is 526. The lowest BCUT2D eigenvalue weighted by atomic mass is 10.0. The molecule has 0 unspecified atom stereocenters. The van der Waals surface area contributed by atoms with Gasteiger partial charge in [0.25, 0.3) is 5.69 Å². The fourth-order valence-corrected chi connectivity index (χ4v) is 1.73. The highest BCUT2D eigenvalue weighted by atomic mass is 16.6. The number of nitro groups is 1. The lowest BCUT2D eigenvalue weighted by molar-refractivity contribution is -0.385. The Balaban J connectivity index is 2.77. The van der Waals surface area contributed by atoms with E-state index >= 15 is 0 Å². The van der Waals surface area contributed by atoms with Crippen LogP contribution in [-0.2, 0) is 16.0 Å². The normalized spacial score (nSPS) is 10.1. The lowest BCUT2D eigenvalue weighted by Gasteiger charge is -2.04. The van der Waals surface area contributed by atoms with Crippen LogP contribution in [0.3, 0.4) is 0 Å². The molecule has 0 aliphatic carbocycles. The van der Waals surface area contributed by atoms with Crippen molar-refractivity contribution in [2.75, 3.05) is 6.61 Å². The predicted octanol–water partition coefficient (Wildman–Crippen LogP) is 2.18. The summed E-state index contributed by atoms with van der Waals surface area (Å²) in [5.74, 6) is -1.57. The Labute approximate surface area is 115 Å². The zero-order chi connectivity index (χ0) is 15.1. The Kier molecular flexibility index (Phi) is 5.64. The van der Waals surface area contributed by atoms with Crippen LogP contribution >= 0.6 is 0 Å². The van der Waals surface area contributed by atoms with Gasteiger partial charge in [-0.1, -0.05) is 6.07 Å². The van der Waals surface area contributed by atoms with Gasteiger partial charge >= 0.3 is 11.9 Å². The molecule has 0 amide bonds. The molecule has 0 saturated heterocycles. The summed E-state index contributed by atoms with van der Waals surface area (Å²) >= 11 is 0.